The van der Waals surface area contributed by atoms with Crippen LogP contribution in [0.25, 0.3) is 10.9 Å². The molecule has 1 atom stereocenters. The number of fused-ring (bicyclic) bond motifs is 2. The third-order valence-corrected chi connectivity index (χ3v) is 7.54. The zero-order chi connectivity index (χ0) is 29.8. The summed E-state index contributed by atoms with van der Waals surface area (Å²) in [5, 5.41) is 3.52. The number of hydrogen-bond donors (Lipinski definition) is 2. The fourth-order valence-corrected chi connectivity index (χ4v) is 5.49. The Bertz CT molecular complexity index is 1910. The molecule has 4 aromatic rings. The van der Waals surface area contributed by atoms with Gasteiger partial charge in [0.25, 0.3) is 11.5 Å². The van der Waals surface area contributed by atoms with Gasteiger partial charge >= 0.3 is 0 Å². The quantitative estimate of drug-likeness (QED) is 0.331. The highest BCUT2D eigenvalue weighted by molar-refractivity contribution is 7.89. The van der Waals surface area contributed by atoms with E-state index in [0.29, 0.717) is 35.5 Å². The first-order valence-corrected chi connectivity index (χ1v) is 14.6. The highest BCUT2D eigenvalue weighted by Crippen LogP contribution is 2.31. The number of hydrogen-bond acceptors (Lipinski definition) is 8. The third kappa shape index (κ3) is 5.49. The van der Waals surface area contributed by atoms with Gasteiger partial charge in [-0.3, -0.25) is 14.2 Å². The molecule has 0 saturated carbocycles. The van der Waals surface area contributed by atoms with E-state index in [1.165, 1.54) is 29.7 Å². The van der Waals surface area contributed by atoms with Crippen LogP contribution in [0.15, 0.2) is 41.2 Å². The largest absolute Gasteiger partial charge is 0.377 e. The van der Waals surface area contributed by atoms with E-state index in [1.807, 2.05) is 22.6 Å². The number of rotatable bonds is 6. The molecule has 2 aromatic heterocycles. The third-order valence-electron chi connectivity index (χ3n) is 6.99. The van der Waals surface area contributed by atoms with Crippen LogP contribution in [0.4, 0.5) is 20.4 Å². The van der Waals surface area contributed by atoms with Crippen molar-refractivity contribution in [3.8, 4) is 0 Å². The Hall–Kier alpha value is -4.39. The van der Waals surface area contributed by atoms with Crippen LogP contribution >= 0.6 is 0 Å². The number of carbonyl (C=O) groups is 1. The summed E-state index contributed by atoms with van der Waals surface area (Å²) in [6.45, 7) is 5.92. The number of nitrogens with zero attached hydrogens (tertiary/aromatic N) is 4. The van der Waals surface area contributed by atoms with Gasteiger partial charge in [-0.2, -0.15) is 4.39 Å². The molecule has 0 unspecified atom stereocenters. The lowest BCUT2D eigenvalue weighted by Crippen LogP contribution is -2.31. The molecule has 5 rings (SSSR count). The summed E-state index contributed by atoms with van der Waals surface area (Å²) in [6, 6.07) is 8.99. The Balaban J connectivity index is 1.58. The Morgan fingerprint density at radius 1 is 1.05 bits per heavy atom. The van der Waals surface area contributed by atoms with E-state index >= 15 is 0 Å². The Labute approximate surface area is 235 Å². The van der Waals surface area contributed by atoms with Crippen molar-refractivity contribution < 1.29 is 22.0 Å². The number of aromatic nitrogens is 3. The predicted molar refractivity (Wildman–Crippen MR) is 151 cm³/mol. The van der Waals surface area contributed by atoms with E-state index in [2.05, 4.69) is 10.3 Å². The average Bonchev–Trinajstić information content (AvgIpc) is 3.29. The molecule has 41 heavy (non-hydrogen) atoms. The number of benzene rings is 2. The number of pyridine rings is 1. The highest BCUT2D eigenvalue weighted by atomic mass is 32.2. The van der Waals surface area contributed by atoms with Gasteiger partial charge in [-0.05, 0) is 61.7 Å². The lowest BCUT2D eigenvalue weighted by atomic mass is 10.0. The van der Waals surface area contributed by atoms with Crippen molar-refractivity contribution in [2.75, 3.05) is 16.5 Å². The van der Waals surface area contributed by atoms with Gasteiger partial charge in [0.15, 0.2) is 5.69 Å². The summed E-state index contributed by atoms with van der Waals surface area (Å²) in [5.74, 6) is -1.93. The minimum atomic E-state index is -3.93. The van der Waals surface area contributed by atoms with Crippen LogP contribution in [0, 0.1) is 25.6 Å². The Kier molecular flexibility index (Phi) is 7.02. The molecule has 13 heteroatoms. The summed E-state index contributed by atoms with van der Waals surface area (Å²) >= 11 is 0. The van der Waals surface area contributed by atoms with Gasteiger partial charge in [0, 0.05) is 31.3 Å². The molecule has 0 saturated heterocycles. The SMILES string of the molecule is Cc1cc([C@@H](C)Nc2cc(C)c(F)nc2C(=O)NS(C)(=O)=O)c2nc(N3Cc4ccc(F)cc4C3)n(C)c(=O)c2c1. The second-order valence-electron chi connectivity index (χ2n) is 10.4. The first kappa shape index (κ1) is 28.1. The van der Waals surface area contributed by atoms with Crippen LogP contribution in [-0.2, 0) is 30.2 Å². The molecule has 2 N–H and O–H groups in total. The van der Waals surface area contributed by atoms with Crippen molar-refractivity contribution in [1.29, 1.82) is 0 Å². The van der Waals surface area contributed by atoms with Crippen LogP contribution < -0.4 is 20.5 Å². The standard InChI is InChI=1S/C28H28F2N6O4S/c1-14-8-20(16(3)31-22-10-15(2)25(30)32-24(22)26(37)34-41(5,39)40)23-21(9-14)27(38)35(4)28(33-23)36-12-17-6-7-19(29)11-18(17)13-36/h6-11,16,31H,12-13H2,1-5H3,(H,34,37)/t16-/m1/s1. The number of aryl methyl sites for hydroxylation is 2. The molecule has 214 valence electrons. The first-order chi connectivity index (χ1) is 19.2. The van der Waals surface area contributed by atoms with Crippen molar-refractivity contribution in [3.63, 3.8) is 0 Å². The van der Waals surface area contributed by atoms with Crippen molar-refractivity contribution >= 4 is 38.5 Å². The molecule has 1 amide bonds. The van der Waals surface area contributed by atoms with Crippen LogP contribution in [0.2, 0.25) is 0 Å². The maximum Gasteiger partial charge on any atom is 0.285 e. The monoisotopic (exact) mass is 582 g/mol. The second kappa shape index (κ2) is 10.2. The average molecular weight is 583 g/mol. The fourth-order valence-electron chi connectivity index (χ4n) is 5.06. The molecule has 1 aliphatic heterocycles. The Morgan fingerprint density at radius 2 is 1.76 bits per heavy atom. The molecule has 3 heterocycles. The van der Waals surface area contributed by atoms with Gasteiger partial charge in [-0.15, -0.1) is 0 Å². The van der Waals surface area contributed by atoms with Crippen LogP contribution in [0.1, 0.15) is 51.3 Å². The van der Waals surface area contributed by atoms with Crippen molar-refractivity contribution in [2.45, 2.75) is 39.9 Å². The first-order valence-electron chi connectivity index (χ1n) is 12.7. The van der Waals surface area contributed by atoms with E-state index in [4.69, 9.17) is 4.98 Å². The van der Waals surface area contributed by atoms with Gasteiger partial charge in [-0.1, -0.05) is 12.1 Å². The molecule has 1 aliphatic rings. The van der Waals surface area contributed by atoms with Gasteiger partial charge < -0.3 is 10.2 Å². The van der Waals surface area contributed by atoms with E-state index in [0.717, 1.165) is 22.9 Å². The van der Waals surface area contributed by atoms with Crippen molar-refractivity contribution in [3.05, 3.63) is 92.0 Å². The zero-order valence-corrected chi connectivity index (χ0v) is 23.9. The lowest BCUT2D eigenvalue weighted by Gasteiger charge is -2.23. The highest BCUT2D eigenvalue weighted by Gasteiger charge is 2.26. The molecular formula is C28H28F2N6O4S. The number of halogens is 2. The predicted octanol–water partition coefficient (Wildman–Crippen LogP) is 3.61. The molecule has 0 aliphatic carbocycles. The summed E-state index contributed by atoms with van der Waals surface area (Å²) in [6.07, 6.45) is 0.809. The summed E-state index contributed by atoms with van der Waals surface area (Å²) in [4.78, 5) is 36.7. The molecule has 0 spiro atoms. The summed E-state index contributed by atoms with van der Waals surface area (Å²) in [7, 11) is -2.30. The van der Waals surface area contributed by atoms with E-state index < -0.39 is 33.6 Å². The van der Waals surface area contributed by atoms with Crippen LogP contribution in [0.5, 0.6) is 0 Å². The van der Waals surface area contributed by atoms with Gasteiger partial charge in [-0.25, -0.2) is 27.5 Å². The minimum absolute atomic E-state index is 0.105. The number of anilines is 2. The van der Waals surface area contributed by atoms with Gasteiger partial charge in [0.05, 0.1) is 28.9 Å². The van der Waals surface area contributed by atoms with Crippen LogP contribution in [-0.4, -0.2) is 35.1 Å². The normalized spacial score (nSPS) is 13.8. The van der Waals surface area contributed by atoms with E-state index in [9.17, 15) is 26.8 Å². The van der Waals surface area contributed by atoms with E-state index in [-0.39, 0.29) is 22.6 Å². The van der Waals surface area contributed by atoms with E-state index in [1.54, 1.807) is 26.1 Å². The van der Waals surface area contributed by atoms with Crippen molar-refractivity contribution in [1.82, 2.24) is 19.3 Å². The molecule has 0 fully saturated rings. The number of amides is 1. The topological polar surface area (TPSA) is 126 Å². The molecule has 2 aromatic carbocycles. The van der Waals surface area contributed by atoms with Gasteiger partial charge in [0.1, 0.15) is 5.82 Å². The Morgan fingerprint density at radius 3 is 2.46 bits per heavy atom. The fraction of sp³-hybridized carbons (Fsp3) is 0.286. The molecule has 0 bridgehead atoms. The smallest absolute Gasteiger partial charge is 0.285 e. The minimum Gasteiger partial charge on any atom is -0.377 e. The molecular weight excluding hydrogens is 554 g/mol. The number of sulfonamides is 1. The maximum absolute atomic E-state index is 14.3. The number of carbonyl (C=O) groups excluding carboxylic acids is 1. The summed E-state index contributed by atoms with van der Waals surface area (Å²) < 4.78 is 54.8. The molecule has 0 radical (unpaired) electrons. The lowest BCUT2D eigenvalue weighted by molar-refractivity contribution is 0.0976. The maximum atomic E-state index is 14.3. The summed E-state index contributed by atoms with van der Waals surface area (Å²) in [5.41, 5.74) is 3.14. The van der Waals surface area contributed by atoms with Crippen LogP contribution in [0.3, 0.4) is 0 Å². The zero-order valence-electron chi connectivity index (χ0n) is 23.0. The van der Waals surface area contributed by atoms with Crippen molar-refractivity contribution in [2.24, 2.45) is 7.05 Å². The second-order valence-corrected chi connectivity index (χ2v) is 12.1. The number of nitrogens with one attached hydrogen (secondary N) is 2. The van der Waals surface area contributed by atoms with Gasteiger partial charge in [0.2, 0.25) is 21.9 Å². The molecule has 10 nitrogen and oxygen atoms in total.